The summed E-state index contributed by atoms with van der Waals surface area (Å²) in [5.74, 6) is -0.543. The van der Waals surface area contributed by atoms with E-state index in [1.165, 1.54) is 0 Å². The first kappa shape index (κ1) is 17.6. The molecule has 9 heteroatoms. The van der Waals surface area contributed by atoms with Crippen molar-refractivity contribution in [2.45, 2.75) is 29.6 Å². The summed E-state index contributed by atoms with van der Waals surface area (Å²) in [6.07, 6.45) is 2.57. The van der Waals surface area contributed by atoms with Gasteiger partial charge in [0.15, 0.2) is 9.84 Å². The molecule has 0 atom stereocenters. The van der Waals surface area contributed by atoms with Crippen molar-refractivity contribution in [3.63, 3.8) is 0 Å². The Hall–Kier alpha value is -1.45. The van der Waals surface area contributed by atoms with Crippen molar-refractivity contribution in [1.82, 2.24) is 5.32 Å². The van der Waals surface area contributed by atoms with Crippen LogP contribution in [0.2, 0.25) is 0 Å². The van der Waals surface area contributed by atoms with Gasteiger partial charge in [-0.2, -0.15) is 0 Å². The number of rotatable bonds is 6. The number of nitrogens with two attached hydrogens (primary N) is 1. The van der Waals surface area contributed by atoms with Gasteiger partial charge in [0.05, 0.1) is 9.79 Å². The first-order valence-corrected chi connectivity index (χ1v) is 9.65. The van der Waals surface area contributed by atoms with E-state index in [0.717, 1.165) is 37.3 Å². The topological polar surface area (TPSA) is 123 Å². The van der Waals surface area contributed by atoms with E-state index in [1.54, 1.807) is 0 Å². The Balaban J connectivity index is 3.30. The first-order chi connectivity index (χ1) is 9.55. The lowest BCUT2D eigenvalue weighted by atomic mass is 10.2. The molecule has 0 aromatic heterocycles. The summed E-state index contributed by atoms with van der Waals surface area (Å²) < 4.78 is 46.0. The Labute approximate surface area is 124 Å². The lowest BCUT2D eigenvalue weighted by Crippen LogP contribution is -2.25. The highest BCUT2D eigenvalue weighted by Crippen LogP contribution is 2.18. The van der Waals surface area contributed by atoms with Gasteiger partial charge in [-0.3, -0.25) is 4.79 Å². The zero-order chi connectivity index (χ0) is 16.3. The summed E-state index contributed by atoms with van der Waals surface area (Å²) in [4.78, 5) is 11.3. The van der Waals surface area contributed by atoms with Crippen molar-refractivity contribution in [1.29, 1.82) is 0 Å². The van der Waals surface area contributed by atoms with Crippen LogP contribution in [0.4, 0.5) is 0 Å². The van der Waals surface area contributed by atoms with Crippen LogP contribution >= 0.6 is 0 Å². The molecule has 1 aromatic rings. The second-order valence-corrected chi connectivity index (χ2v) is 8.20. The number of sulfonamides is 1. The van der Waals surface area contributed by atoms with Crippen molar-refractivity contribution >= 4 is 25.8 Å². The molecule has 1 aromatic carbocycles. The zero-order valence-electron chi connectivity index (χ0n) is 11.8. The van der Waals surface area contributed by atoms with E-state index in [-0.39, 0.29) is 10.5 Å². The van der Waals surface area contributed by atoms with Gasteiger partial charge in [-0.15, -0.1) is 0 Å². The van der Waals surface area contributed by atoms with E-state index in [1.807, 2.05) is 6.92 Å². The van der Waals surface area contributed by atoms with Crippen molar-refractivity contribution in [3.8, 4) is 0 Å². The predicted octanol–water partition coefficient (Wildman–Crippen LogP) is 0.267. The van der Waals surface area contributed by atoms with E-state index in [9.17, 15) is 21.6 Å². The maximum absolute atomic E-state index is 11.9. The molecule has 0 spiro atoms. The van der Waals surface area contributed by atoms with Gasteiger partial charge in [0.1, 0.15) is 0 Å². The fourth-order valence-electron chi connectivity index (χ4n) is 1.56. The second kappa shape index (κ2) is 6.54. The Morgan fingerprint density at radius 2 is 1.71 bits per heavy atom. The predicted molar refractivity (Wildman–Crippen MR) is 78.2 cm³/mol. The van der Waals surface area contributed by atoms with Crippen molar-refractivity contribution < 1.29 is 21.6 Å². The summed E-state index contributed by atoms with van der Waals surface area (Å²) in [7, 11) is -7.78. The molecule has 0 saturated heterocycles. The van der Waals surface area contributed by atoms with Crippen LogP contribution in [0.15, 0.2) is 28.0 Å². The standard InChI is InChI=1S/C12H18N2O5S2/c1-3-4-5-14-12(15)9-6-10(20(2,16)17)8-11(7-9)21(13,18)19/h6-8H,3-5H2,1-2H3,(H,14,15)(H2,13,18,19). The number of primary sulfonamides is 1. The molecule has 1 rings (SSSR count). The molecule has 0 bridgehead atoms. The van der Waals surface area contributed by atoms with E-state index in [2.05, 4.69) is 5.32 Å². The molecule has 0 aliphatic rings. The Morgan fingerprint density at radius 3 is 2.19 bits per heavy atom. The van der Waals surface area contributed by atoms with E-state index in [0.29, 0.717) is 6.54 Å². The number of hydrogen-bond acceptors (Lipinski definition) is 5. The van der Waals surface area contributed by atoms with Crippen LogP contribution in [-0.4, -0.2) is 35.5 Å². The zero-order valence-corrected chi connectivity index (χ0v) is 13.4. The highest BCUT2D eigenvalue weighted by atomic mass is 32.2. The summed E-state index contributed by atoms with van der Waals surface area (Å²) in [5.41, 5.74) is -0.0574. The minimum atomic E-state index is -4.11. The van der Waals surface area contributed by atoms with E-state index in [4.69, 9.17) is 5.14 Å². The summed E-state index contributed by atoms with van der Waals surface area (Å²) in [6, 6.07) is 3.13. The molecule has 0 aliphatic heterocycles. The quantitative estimate of drug-likeness (QED) is 0.723. The van der Waals surface area contributed by atoms with Gasteiger partial charge in [0, 0.05) is 18.4 Å². The minimum Gasteiger partial charge on any atom is -0.352 e. The van der Waals surface area contributed by atoms with Crippen LogP contribution in [0.3, 0.4) is 0 Å². The van der Waals surface area contributed by atoms with Gasteiger partial charge >= 0.3 is 0 Å². The molecule has 1 amide bonds. The molecule has 0 fully saturated rings. The molecule has 21 heavy (non-hydrogen) atoms. The SMILES string of the molecule is CCCCNC(=O)c1cc(S(C)(=O)=O)cc(S(N)(=O)=O)c1. The van der Waals surface area contributed by atoms with Crippen LogP contribution < -0.4 is 10.5 Å². The maximum atomic E-state index is 11.9. The minimum absolute atomic E-state index is 0.0574. The number of carbonyl (C=O) groups is 1. The maximum Gasteiger partial charge on any atom is 0.251 e. The Kier molecular flexibility index (Phi) is 5.48. The third-order valence-electron chi connectivity index (χ3n) is 2.71. The number of carbonyl (C=O) groups excluding carboxylic acids is 1. The monoisotopic (exact) mass is 334 g/mol. The van der Waals surface area contributed by atoms with Gasteiger partial charge in [0.2, 0.25) is 10.0 Å². The highest BCUT2D eigenvalue weighted by Gasteiger charge is 2.18. The number of benzene rings is 1. The lowest BCUT2D eigenvalue weighted by Gasteiger charge is -2.08. The first-order valence-electron chi connectivity index (χ1n) is 6.22. The van der Waals surface area contributed by atoms with E-state index < -0.39 is 30.7 Å². The molecule has 0 unspecified atom stereocenters. The molecule has 0 aliphatic carbocycles. The van der Waals surface area contributed by atoms with Crippen molar-refractivity contribution in [2.24, 2.45) is 5.14 Å². The molecule has 3 N–H and O–H groups in total. The molecule has 0 saturated carbocycles. The largest absolute Gasteiger partial charge is 0.352 e. The highest BCUT2D eigenvalue weighted by molar-refractivity contribution is 7.91. The average Bonchev–Trinajstić information content (AvgIpc) is 2.36. The Bertz CT molecular complexity index is 689. The number of unbranched alkanes of at least 4 members (excludes halogenated alkanes) is 1. The molecule has 118 valence electrons. The normalized spacial score (nSPS) is 12.1. The van der Waals surface area contributed by atoms with Crippen LogP contribution in [0.5, 0.6) is 0 Å². The number of sulfone groups is 1. The van der Waals surface area contributed by atoms with Gasteiger partial charge < -0.3 is 5.32 Å². The molecule has 0 radical (unpaired) electrons. The summed E-state index contributed by atoms with van der Waals surface area (Å²) >= 11 is 0. The summed E-state index contributed by atoms with van der Waals surface area (Å²) in [6.45, 7) is 2.37. The van der Waals surface area contributed by atoms with Gasteiger partial charge in [-0.05, 0) is 24.6 Å². The number of hydrogen-bond donors (Lipinski definition) is 2. The van der Waals surface area contributed by atoms with Crippen LogP contribution in [0.25, 0.3) is 0 Å². The van der Waals surface area contributed by atoms with Gasteiger partial charge in [-0.25, -0.2) is 22.0 Å². The third kappa shape index (κ3) is 5.10. The molecular weight excluding hydrogens is 316 g/mol. The molecule has 0 heterocycles. The number of amides is 1. The van der Waals surface area contributed by atoms with Crippen LogP contribution in [0, 0.1) is 0 Å². The fraction of sp³-hybridized carbons (Fsp3) is 0.417. The second-order valence-electron chi connectivity index (χ2n) is 4.62. The van der Waals surface area contributed by atoms with E-state index >= 15 is 0 Å². The molecular formula is C12H18N2O5S2. The third-order valence-corrected chi connectivity index (χ3v) is 4.70. The average molecular weight is 334 g/mol. The van der Waals surface area contributed by atoms with Crippen molar-refractivity contribution in [2.75, 3.05) is 12.8 Å². The van der Waals surface area contributed by atoms with Gasteiger partial charge in [-0.1, -0.05) is 13.3 Å². The molecule has 7 nitrogen and oxygen atoms in total. The van der Waals surface area contributed by atoms with Crippen LogP contribution in [0.1, 0.15) is 30.1 Å². The smallest absolute Gasteiger partial charge is 0.251 e. The lowest BCUT2D eigenvalue weighted by molar-refractivity contribution is 0.0952. The van der Waals surface area contributed by atoms with Gasteiger partial charge in [0.25, 0.3) is 5.91 Å². The van der Waals surface area contributed by atoms with Crippen LogP contribution in [-0.2, 0) is 19.9 Å². The summed E-state index contributed by atoms with van der Waals surface area (Å²) in [5, 5.41) is 7.59. The number of nitrogens with one attached hydrogen (secondary N) is 1. The Morgan fingerprint density at radius 1 is 1.14 bits per heavy atom. The van der Waals surface area contributed by atoms with Crippen molar-refractivity contribution in [3.05, 3.63) is 23.8 Å². The fourth-order valence-corrected chi connectivity index (χ4v) is 2.90.